The number of nitrogens with zero attached hydrogens (tertiary/aromatic N) is 1. The normalized spacial score (nSPS) is 15.8. The SMILES string of the molecule is O=C1S/C(=C/c2ccc(-c3ccccc3Cl)o2)C(=O)N1c1ccc(F)cc1. The number of anilines is 1. The van der Waals surface area contributed by atoms with E-state index < -0.39 is 17.0 Å². The molecule has 1 aliphatic heterocycles. The second-order valence-electron chi connectivity index (χ2n) is 5.68. The van der Waals surface area contributed by atoms with Gasteiger partial charge < -0.3 is 4.42 Å². The predicted molar refractivity (Wildman–Crippen MR) is 104 cm³/mol. The van der Waals surface area contributed by atoms with Crippen LogP contribution < -0.4 is 4.90 Å². The summed E-state index contributed by atoms with van der Waals surface area (Å²) in [5.41, 5.74) is 1.05. The monoisotopic (exact) mass is 399 g/mol. The molecule has 2 heterocycles. The number of carbonyl (C=O) groups excluding carboxylic acids is 2. The molecule has 1 fully saturated rings. The number of furan rings is 1. The summed E-state index contributed by atoms with van der Waals surface area (Å²) in [6.45, 7) is 0. The van der Waals surface area contributed by atoms with Crippen LogP contribution in [0.15, 0.2) is 70.0 Å². The predicted octanol–water partition coefficient (Wildman–Crippen LogP) is 5.98. The van der Waals surface area contributed by atoms with Crippen molar-refractivity contribution in [3.05, 3.63) is 82.2 Å². The third-order valence-electron chi connectivity index (χ3n) is 3.92. The minimum absolute atomic E-state index is 0.226. The Bertz CT molecular complexity index is 1070. The Morgan fingerprint density at radius 1 is 1.00 bits per heavy atom. The molecule has 4 rings (SSSR count). The first kappa shape index (κ1) is 17.6. The van der Waals surface area contributed by atoms with Crippen molar-refractivity contribution < 1.29 is 18.4 Å². The first-order valence-electron chi connectivity index (χ1n) is 7.91. The molecule has 0 radical (unpaired) electrons. The second-order valence-corrected chi connectivity index (χ2v) is 7.08. The lowest BCUT2D eigenvalue weighted by atomic mass is 10.2. The Labute approximate surface area is 163 Å². The molecule has 27 heavy (non-hydrogen) atoms. The maximum absolute atomic E-state index is 13.1. The van der Waals surface area contributed by atoms with Gasteiger partial charge in [-0.1, -0.05) is 23.7 Å². The van der Waals surface area contributed by atoms with Crippen molar-refractivity contribution in [2.75, 3.05) is 4.90 Å². The van der Waals surface area contributed by atoms with E-state index in [-0.39, 0.29) is 4.91 Å². The summed E-state index contributed by atoms with van der Waals surface area (Å²) in [5, 5.41) is 0.103. The number of rotatable bonds is 3. The van der Waals surface area contributed by atoms with Crippen LogP contribution in [0.3, 0.4) is 0 Å². The third kappa shape index (κ3) is 3.41. The lowest BCUT2D eigenvalue weighted by molar-refractivity contribution is -0.113. The van der Waals surface area contributed by atoms with Gasteiger partial charge in [0.05, 0.1) is 15.6 Å². The van der Waals surface area contributed by atoms with Gasteiger partial charge >= 0.3 is 0 Å². The van der Waals surface area contributed by atoms with Crippen molar-refractivity contribution in [1.82, 2.24) is 0 Å². The molecule has 0 spiro atoms. The van der Waals surface area contributed by atoms with E-state index in [1.807, 2.05) is 18.2 Å². The molecule has 0 atom stereocenters. The highest BCUT2D eigenvalue weighted by atomic mass is 35.5. The molecule has 4 nitrogen and oxygen atoms in total. The van der Waals surface area contributed by atoms with Gasteiger partial charge in [0.1, 0.15) is 17.3 Å². The number of hydrogen-bond acceptors (Lipinski definition) is 4. The zero-order valence-corrected chi connectivity index (χ0v) is 15.3. The second kappa shape index (κ2) is 7.06. The Morgan fingerprint density at radius 3 is 2.48 bits per heavy atom. The quantitative estimate of drug-likeness (QED) is 0.508. The van der Waals surface area contributed by atoms with Crippen molar-refractivity contribution in [3.8, 4) is 11.3 Å². The first-order valence-corrected chi connectivity index (χ1v) is 9.10. The van der Waals surface area contributed by atoms with Crippen molar-refractivity contribution in [1.29, 1.82) is 0 Å². The molecule has 0 N–H and O–H groups in total. The number of carbonyl (C=O) groups is 2. The van der Waals surface area contributed by atoms with Crippen LogP contribution >= 0.6 is 23.4 Å². The fourth-order valence-corrected chi connectivity index (χ4v) is 3.70. The summed E-state index contributed by atoms with van der Waals surface area (Å²) in [5.74, 6) is 0.0652. The minimum atomic E-state index is -0.479. The van der Waals surface area contributed by atoms with Crippen LogP contribution in [0.4, 0.5) is 14.9 Å². The van der Waals surface area contributed by atoms with Gasteiger partial charge in [-0.2, -0.15) is 0 Å². The van der Waals surface area contributed by atoms with Crippen LogP contribution in [-0.2, 0) is 4.79 Å². The smallest absolute Gasteiger partial charge is 0.298 e. The van der Waals surface area contributed by atoms with E-state index in [4.69, 9.17) is 16.0 Å². The molecule has 2 amide bonds. The fraction of sp³-hybridized carbons (Fsp3) is 0. The number of halogens is 2. The van der Waals surface area contributed by atoms with Crippen LogP contribution in [0.2, 0.25) is 5.02 Å². The Balaban J connectivity index is 1.62. The maximum atomic E-state index is 13.1. The molecule has 7 heteroatoms. The van der Waals surface area contributed by atoms with Crippen LogP contribution in [0.5, 0.6) is 0 Å². The highest BCUT2D eigenvalue weighted by Gasteiger charge is 2.36. The highest BCUT2D eigenvalue weighted by molar-refractivity contribution is 8.19. The van der Waals surface area contributed by atoms with E-state index in [9.17, 15) is 14.0 Å². The Kier molecular flexibility index (Phi) is 4.59. The lowest BCUT2D eigenvalue weighted by Crippen LogP contribution is -2.27. The first-order chi connectivity index (χ1) is 13.0. The summed E-state index contributed by atoms with van der Waals surface area (Å²) in [6, 6.07) is 15.9. The van der Waals surface area contributed by atoms with Crippen molar-refractivity contribution >= 4 is 46.3 Å². The van der Waals surface area contributed by atoms with Crippen LogP contribution in [0.1, 0.15) is 5.76 Å². The van der Waals surface area contributed by atoms with E-state index in [0.717, 1.165) is 22.2 Å². The van der Waals surface area contributed by atoms with E-state index >= 15 is 0 Å². The summed E-state index contributed by atoms with van der Waals surface area (Å²) < 4.78 is 18.8. The van der Waals surface area contributed by atoms with Crippen LogP contribution in [-0.4, -0.2) is 11.1 Å². The van der Waals surface area contributed by atoms with Gasteiger partial charge in [0.25, 0.3) is 11.1 Å². The summed E-state index contributed by atoms with van der Waals surface area (Å²) in [6.07, 6.45) is 1.51. The molecule has 2 aromatic carbocycles. The van der Waals surface area contributed by atoms with Gasteiger partial charge in [0.2, 0.25) is 0 Å². The molecular weight excluding hydrogens is 389 g/mol. The lowest BCUT2D eigenvalue weighted by Gasteiger charge is -2.11. The molecule has 1 saturated heterocycles. The average molecular weight is 400 g/mol. The topological polar surface area (TPSA) is 50.5 Å². The van der Waals surface area contributed by atoms with E-state index in [0.29, 0.717) is 22.2 Å². The third-order valence-corrected chi connectivity index (χ3v) is 5.12. The number of benzene rings is 2. The number of thioether (sulfide) groups is 1. The summed E-state index contributed by atoms with van der Waals surface area (Å²) >= 11 is 6.97. The summed E-state index contributed by atoms with van der Waals surface area (Å²) in [7, 11) is 0. The molecule has 1 aliphatic rings. The minimum Gasteiger partial charge on any atom is -0.457 e. The Hall–Kier alpha value is -2.83. The van der Waals surface area contributed by atoms with E-state index in [1.54, 1.807) is 18.2 Å². The number of amides is 2. The van der Waals surface area contributed by atoms with Gasteiger partial charge in [-0.05, 0) is 60.3 Å². The van der Waals surface area contributed by atoms with Crippen molar-refractivity contribution in [2.24, 2.45) is 0 Å². The van der Waals surface area contributed by atoms with Gasteiger partial charge in [-0.25, -0.2) is 9.29 Å². The van der Waals surface area contributed by atoms with E-state index in [2.05, 4.69) is 0 Å². The van der Waals surface area contributed by atoms with Gasteiger partial charge in [0.15, 0.2) is 0 Å². The van der Waals surface area contributed by atoms with E-state index in [1.165, 1.54) is 30.3 Å². The largest absolute Gasteiger partial charge is 0.457 e. The van der Waals surface area contributed by atoms with Crippen molar-refractivity contribution in [3.63, 3.8) is 0 Å². The maximum Gasteiger partial charge on any atom is 0.298 e. The zero-order chi connectivity index (χ0) is 19.0. The van der Waals surface area contributed by atoms with Gasteiger partial charge in [-0.15, -0.1) is 0 Å². The van der Waals surface area contributed by atoms with Gasteiger partial charge in [0, 0.05) is 11.6 Å². The molecule has 134 valence electrons. The molecule has 3 aromatic rings. The number of hydrogen-bond donors (Lipinski definition) is 0. The number of imide groups is 1. The molecule has 0 bridgehead atoms. The molecular formula is C20H11ClFNO3S. The molecule has 1 aromatic heterocycles. The molecule has 0 unspecified atom stereocenters. The standard InChI is InChI=1S/C20H11ClFNO3S/c21-16-4-2-1-3-15(16)17-10-9-14(26-17)11-18-19(24)23(20(25)27-18)13-7-5-12(22)6-8-13/h1-11H/b18-11+. The molecule has 0 aliphatic carbocycles. The van der Waals surface area contributed by atoms with Gasteiger partial charge in [-0.3, -0.25) is 9.59 Å². The zero-order valence-electron chi connectivity index (χ0n) is 13.7. The molecule has 0 saturated carbocycles. The highest BCUT2D eigenvalue weighted by Crippen LogP contribution is 2.37. The Morgan fingerprint density at radius 2 is 1.74 bits per heavy atom. The average Bonchev–Trinajstić information content (AvgIpc) is 3.22. The summed E-state index contributed by atoms with van der Waals surface area (Å²) in [4.78, 5) is 26.1. The fourth-order valence-electron chi connectivity index (χ4n) is 2.65. The van der Waals surface area contributed by atoms with Crippen LogP contribution in [0.25, 0.3) is 17.4 Å². The van der Waals surface area contributed by atoms with Crippen LogP contribution in [0, 0.1) is 5.82 Å². The van der Waals surface area contributed by atoms with Crippen molar-refractivity contribution in [2.45, 2.75) is 0 Å².